The van der Waals surface area contributed by atoms with Crippen molar-refractivity contribution in [1.29, 1.82) is 5.26 Å². The summed E-state index contributed by atoms with van der Waals surface area (Å²) in [5.74, 6) is -0.343. The standard InChI is InChI=1S/C20H15FN6O2S2/c1-13-3-2-4-14(9-13)27(19-7-8-24-25-19)15-5-6-18(17(21)10-15)31(28,29)26-20-23-12-16(11-22)30-20/h2-10,12H,1H3,(H,23,26)(H,24,25). The highest BCUT2D eigenvalue weighted by Gasteiger charge is 2.23. The average molecular weight is 455 g/mol. The molecule has 0 fully saturated rings. The number of halogens is 1. The molecule has 2 N–H and O–H groups in total. The lowest BCUT2D eigenvalue weighted by atomic mass is 10.2. The Morgan fingerprint density at radius 3 is 2.65 bits per heavy atom. The number of aromatic nitrogens is 3. The van der Waals surface area contributed by atoms with Crippen LogP contribution in [0.5, 0.6) is 0 Å². The Kier molecular flexibility index (Phi) is 5.41. The van der Waals surface area contributed by atoms with Gasteiger partial charge in [-0.15, -0.1) is 0 Å². The minimum Gasteiger partial charge on any atom is -0.295 e. The largest absolute Gasteiger partial charge is 0.295 e. The van der Waals surface area contributed by atoms with Gasteiger partial charge in [0.1, 0.15) is 27.5 Å². The Bertz CT molecular complexity index is 1380. The maximum absolute atomic E-state index is 15.0. The van der Waals surface area contributed by atoms with E-state index in [0.717, 1.165) is 28.7 Å². The van der Waals surface area contributed by atoms with Crippen molar-refractivity contribution in [2.75, 3.05) is 9.62 Å². The quantitative estimate of drug-likeness (QED) is 0.445. The third-order valence-electron chi connectivity index (χ3n) is 4.29. The molecule has 8 nitrogen and oxygen atoms in total. The van der Waals surface area contributed by atoms with Gasteiger partial charge in [-0.3, -0.25) is 14.7 Å². The minimum absolute atomic E-state index is 0.0149. The van der Waals surface area contributed by atoms with Crippen LogP contribution < -0.4 is 9.62 Å². The molecule has 0 unspecified atom stereocenters. The van der Waals surface area contributed by atoms with E-state index in [9.17, 15) is 12.8 Å². The van der Waals surface area contributed by atoms with Crippen molar-refractivity contribution in [3.8, 4) is 6.07 Å². The Labute approximate surface area is 181 Å². The molecule has 11 heteroatoms. The molecule has 2 aromatic heterocycles. The summed E-state index contributed by atoms with van der Waals surface area (Å²) in [6.45, 7) is 1.94. The highest BCUT2D eigenvalue weighted by atomic mass is 32.2. The number of anilines is 4. The van der Waals surface area contributed by atoms with E-state index in [1.807, 2.05) is 37.3 Å². The summed E-state index contributed by atoms with van der Waals surface area (Å²) in [6, 6.07) is 15.0. The molecule has 0 radical (unpaired) electrons. The minimum atomic E-state index is -4.23. The fraction of sp³-hybridized carbons (Fsp3) is 0.0500. The van der Waals surface area contributed by atoms with E-state index >= 15 is 0 Å². The second kappa shape index (κ2) is 8.17. The van der Waals surface area contributed by atoms with Gasteiger partial charge in [-0.25, -0.2) is 17.8 Å². The van der Waals surface area contributed by atoms with Gasteiger partial charge in [-0.05, 0) is 42.8 Å². The maximum atomic E-state index is 15.0. The fourth-order valence-electron chi connectivity index (χ4n) is 2.96. The number of thiazole rings is 1. The monoisotopic (exact) mass is 454 g/mol. The van der Waals surface area contributed by atoms with E-state index in [2.05, 4.69) is 19.9 Å². The molecule has 0 aliphatic rings. The number of nitriles is 1. The summed E-state index contributed by atoms with van der Waals surface area (Å²) in [4.78, 5) is 5.26. The summed E-state index contributed by atoms with van der Waals surface area (Å²) in [5, 5.41) is 15.6. The van der Waals surface area contributed by atoms with Crippen LogP contribution in [0.2, 0.25) is 0 Å². The smallest absolute Gasteiger partial charge is 0.266 e. The fourth-order valence-corrected chi connectivity index (χ4v) is 4.87. The number of sulfonamides is 1. The average Bonchev–Trinajstić information content (AvgIpc) is 3.40. The summed E-state index contributed by atoms with van der Waals surface area (Å²) in [5.41, 5.74) is 2.17. The van der Waals surface area contributed by atoms with Gasteiger partial charge < -0.3 is 0 Å². The Hall–Kier alpha value is -3.75. The van der Waals surface area contributed by atoms with Crippen molar-refractivity contribution in [2.45, 2.75) is 11.8 Å². The number of nitrogens with one attached hydrogen (secondary N) is 2. The molecule has 0 bridgehead atoms. The first kappa shape index (κ1) is 20.5. The van der Waals surface area contributed by atoms with E-state index in [1.54, 1.807) is 17.2 Å². The van der Waals surface area contributed by atoms with E-state index in [0.29, 0.717) is 11.5 Å². The van der Waals surface area contributed by atoms with E-state index in [-0.39, 0.29) is 10.0 Å². The first-order valence-corrected chi connectivity index (χ1v) is 11.2. The highest BCUT2D eigenvalue weighted by molar-refractivity contribution is 7.93. The second-order valence-corrected chi connectivity index (χ2v) is 9.16. The van der Waals surface area contributed by atoms with Gasteiger partial charge in [0.2, 0.25) is 0 Å². The zero-order valence-corrected chi connectivity index (χ0v) is 17.7. The maximum Gasteiger partial charge on any atom is 0.266 e. The lowest BCUT2D eigenvalue weighted by Crippen LogP contribution is -2.16. The summed E-state index contributed by atoms with van der Waals surface area (Å²) in [6.07, 6.45) is 2.81. The summed E-state index contributed by atoms with van der Waals surface area (Å²) >= 11 is 0.861. The molecule has 0 spiro atoms. The number of aromatic amines is 1. The number of aryl methyl sites for hydroxylation is 1. The predicted octanol–water partition coefficient (Wildman–Crippen LogP) is 4.46. The third-order valence-corrected chi connectivity index (χ3v) is 6.61. The molecule has 31 heavy (non-hydrogen) atoms. The lowest BCUT2D eigenvalue weighted by Gasteiger charge is -2.24. The molecular formula is C20H15FN6O2S2. The van der Waals surface area contributed by atoms with Crippen molar-refractivity contribution in [1.82, 2.24) is 15.2 Å². The van der Waals surface area contributed by atoms with Crippen molar-refractivity contribution in [3.63, 3.8) is 0 Å². The first-order chi connectivity index (χ1) is 14.9. The molecule has 4 aromatic rings. The van der Waals surface area contributed by atoms with Gasteiger partial charge >= 0.3 is 0 Å². The molecule has 0 saturated heterocycles. The van der Waals surface area contributed by atoms with Gasteiger partial charge in [0.15, 0.2) is 5.13 Å². The molecule has 0 aliphatic heterocycles. The zero-order chi connectivity index (χ0) is 22.0. The Morgan fingerprint density at radius 2 is 2.00 bits per heavy atom. The second-order valence-electron chi connectivity index (χ2n) is 6.48. The van der Waals surface area contributed by atoms with E-state index < -0.39 is 20.7 Å². The molecule has 0 amide bonds. The lowest BCUT2D eigenvalue weighted by molar-refractivity contribution is 0.570. The molecule has 4 rings (SSSR count). The Morgan fingerprint density at radius 1 is 1.19 bits per heavy atom. The highest BCUT2D eigenvalue weighted by Crippen LogP contribution is 2.35. The normalized spacial score (nSPS) is 11.1. The van der Waals surface area contributed by atoms with Crippen molar-refractivity contribution >= 4 is 43.7 Å². The van der Waals surface area contributed by atoms with Crippen LogP contribution in [0.25, 0.3) is 0 Å². The van der Waals surface area contributed by atoms with Gasteiger partial charge in [0.25, 0.3) is 10.0 Å². The number of benzene rings is 2. The number of rotatable bonds is 6. The molecule has 0 saturated carbocycles. The molecule has 0 atom stereocenters. The Balaban J connectivity index is 1.72. The molecular weight excluding hydrogens is 439 g/mol. The molecule has 2 aromatic carbocycles. The van der Waals surface area contributed by atoms with Crippen LogP contribution in [0.15, 0.2) is 65.8 Å². The van der Waals surface area contributed by atoms with Crippen molar-refractivity contribution in [3.05, 3.63) is 77.2 Å². The SMILES string of the molecule is Cc1cccc(N(c2ccc(S(=O)(=O)Nc3ncc(C#N)s3)c(F)c2)c2ccn[nH]2)c1. The van der Waals surface area contributed by atoms with Crippen LogP contribution in [-0.2, 0) is 10.0 Å². The van der Waals surface area contributed by atoms with Crippen LogP contribution in [0, 0.1) is 24.1 Å². The number of H-pyrrole nitrogens is 1. The summed E-state index contributed by atoms with van der Waals surface area (Å²) < 4.78 is 42.5. The topological polar surface area (TPSA) is 115 Å². The van der Waals surface area contributed by atoms with Gasteiger partial charge in [-0.2, -0.15) is 10.4 Å². The van der Waals surface area contributed by atoms with Gasteiger partial charge in [0.05, 0.1) is 18.1 Å². The first-order valence-electron chi connectivity index (χ1n) is 8.92. The van der Waals surface area contributed by atoms with E-state index in [1.165, 1.54) is 18.3 Å². The van der Waals surface area contributed by atoms with Crippen LogP contribution in [0.4, 0.5) is 26.7 Å². The third kappa shape index (κ3) is 4.25. The summed E-state index contributed by atoms with van der Waals surface area (Å²) in [7, 11) is -4.23. The van der Waals surface area contributed by atoms with Crippen LogP contribution in [-0.4, -0.2) is 23.6 Å². The van der Waals surface area contributed by atoms with Crippen molar-refractivity contribution in [2.24, 2.45) is 0 Å². The molecule has 0 aliphatic carbocycles. The zero-order valence-electron chi connectivity index (χ0n) is 16.1. The van der Waals surface area contributed by atoms with E-state index in [4.69, 9.17) is 5.26 Å². The number of nitrogens with zero attached hydrogens (tertiary/aromatic N) is 4. The molecule has 2 heterocycles. The van der Waals surface area contributed by atoms with Crippen LogP contribution >= 0.6 is 11.3 Å². The molecule has 156 valence electrons. The van der Waals surface area contributed by atoms with Crippen LogP contribution in [0.1, 0.15) is 10.4 Å². The number of hydrogen-bond acceptors (Lipinski definition) is 7. The van der Waals surface area contributed by atoms with Gasteiger partial charge in [-0.1, -0.05) is 23.5 Å². The predicted molar refractivity (Wildman–Crippen MR) is 116 cm³/mol. The van der Waals surface area contributed by atoms with Crippen LogP contribution in [0.3, 0.4) is 0 Å². The number of hydrogen-bond donors (Lipinski definition) is 2. The van der Waals surface area contributed by atoms with Crippen molar-refractivity contribution < 1.29 is 12.8 Å². The van der Waals surface area contributed by atoms with Gasteiger partial charge in [0, 0.05) is 11.8 Å².